The zero-order valence-electron chi connectivity index (χ0n) is 13.6. The summed E-state index contributed by atoms with van der Waals surface area (Å²) in [7, 11) is 0. The van der Waals surface area contributed by atoms with E-state index in [1.165, 1.54) is 10.0 Å². The van der Waals surface area contributed by atoms with Crippen LogP contribution in [0.3, 0.4) is 0 Å². The standard InChI is InChI=1S/C17H20F3N3/c1-11(2)15-14(10-21)23(13-8-6-5-7-9-13)22(12(3)4)16(15)17(18,19)20/h5-9,11-12,16H,1-4H3. The van der Waals surface area contributed by atoms with E-state index in [0.717, 1.165) is 0 Å². The molecule has 1 aliphatic heterocycles. The van der Waals surface area contributed by atoms with Crippen molar-refractivity contribution in [1.82, 2.24) is 5.01 Å². The number of hydrogen-bond acceptors (Lipinski definition) is 3. The van der Waals surface area contributed by atoms with Crippen LogP contribution in [0.4, 0.5) is 18.9 Å². The van der Waals surface area contributed by atoms with Crippen molar-refractivity contribution in [2.45, 2.75) is 46.0 Å². The highest BCUT2D eigenvalue weighted by Crippen LogP contribution is 2.44. The number of nitriles is 1. The van der Waals surface area contributed by atoms with Gasteiger partial charge in [0.2, 0.25) is 0 Å². The van der Waals surface area contributed by atoms with E-state index in [9.17, 15) is 18.4 Å². The number of halogens is 3. The van der Waals surface area contributed by atoms with Crippen LogP contribution in [-0.4, -0.2) is 23.3 Å². The first kappa shape index (κ1) is 17.4. The molecule has 23 heavy (non-hydrogen) atoms. The molecular weight excluding hydrogens is 303 g/mol. The van der Waals surface area contributed by atoms with E-state index in [1.807, 2.05) is 6.07 Å². The minimum absolute atomic E-state index is 0.0715. The van der Waals surface area contributed by atoms with Crippen LogP contribution in [0.25, 0.3) is 0 Å². The molecule has 0 saturated carbocycles. The normalized spacial score (nSPS) is 19.8. The summed E-state index contributed by atoms with van der Waals surface area (Å²) in [5.74, 6) is -0.383. The Bertz CT molecular complexity index is 627. The number of hydrogen-bond donors (Lipinski definition) is 0. The molecule has 124 valence electrons. The molecule has 1 aromatic rings. The second kappa shape index (κ2) is 6.25. The van der Waals surface area contributed by atoms with Gasteiger partial charge in [0.1, 0.15) is 17.8 Å². The van der Waals surface area contributed by atoms with E-state index in [-0.39, 0.29) is 17.2 Å². The largest absolute Gasteiger partial charge is 0.409 e. The highest BCUT2D eigenvalue weighted by atomic mass is 19.4. The molecule has 0 radical (unpaired) electrons. The van der Waals surface area contributed by atoms with Crippen LogP contribution in [0.1, 0.15) is 27.7 Å². The van der Waals surface area contributed by atoms with E-state index in [1.54, 1.807) is 58.0 Å². The van der Waals surface area contributed by atoms with Gasteiger partial charge in [-0.1, -0.05) is 32.0 Å². The molecule has 0 bridgehead atoms. The predicted octanol–water partition coefficient (Wildman–Crippen LogP) is 4.50. The SMILES string of the molecule is CC(C)C1=C(C#N)N(c2ccccc2)N(C(C)C)C1C(F)(F)F. The van der Waals surface area contributed by atoms with Gasteiger partial charge in [-0.25, -0.2) is 0 Å². The first-order valence-corrected chi connectivity index (χ1v) is 7.54. The van der Waals surface area contributed by atoms with Crippen LogP contribution >= 0.6 is 0 Å². The molecule has 0 aromatic heterocycles. The van der Waals surface area contributed by atoms with Gasteiger partial charge in [0, 0.05) is 6.04 Å². The Morgan fingerprint density at radius 3 is 2.04 bits per heavy atom. The van der Waals surface area contributed by atoms with Crippen LogP contribution in [0.2, 0.25) is 0 Å². The second-order valence-electron chi connectivity index (χ2n) is 6.14. The number of allylic oxidation sites excluding steroid dienone is 1. The summed E-state index contributed by atoms with van der Waals surface area (Å²) in [4.78, 5) is 0. The van der Waals surface area contributed by atoms with Gasteiger partial charge in [0.05, 0.1) is 5.69 Å². The van der Waals surface area contributed by atoms with Gasteiger partial charge in [0.25, 0.3) is 0 Å². The van der Waals surface area contributed by atoms with Crippen molar-refractivity contribution in [2.24, 2.45) is 5.92 Å². The van der Waals surface area contributed by atoms with Gasteiger partial charge in [-0.05, 0) is 37.5 Å². The number of anilines is 1. The smallest absolute Gasteiger partial charge is 0.263 e. The van der Waals surface area contributed by atoms with E-state index in [2.05, 4.69) is 0 Å². The molecular formula is C17H20F3N3. The molecule has 1 aliphatic rings. The van der Waals surface area contributed by atoms with E-state index in [4.69, 9.17) is 0 Å². The Kier molecular flexibility index (Phi) is 4.71. The fourth-order valence-electron chi connectivity index (χ4n) is 3.01. The second-order valence-corrected chi connectivity index (χ2v) is 6.14. The average Bonchev–Trinajstić information content (AvgIpc) is 2.83. The molecule has 1 unspecified atom stereocenters. The lowest BCUT2D eigenvalue weighted by Crippen LogP contribution is -2.53. The van der Waals surface area contributed by atoms with Gasteiger partial charge in [-0.3, -0.25) is 5.01 Å². The highest BCUT2D eigenvalue weighted by Gasteiger charge is 2.55. The molecule has 6 heteroatoms. The average molecular weight is 323 g/mol. The molecule has 0 aliphatic carbocycles. The molecule has 0 N–H and O–H groups in total. The van der Waals surface area contributed by atoms with Crippen LogP contribution in [0.5, 0.6) is 0 Å². The molecule has 1 aromatic carbocycles. The lowest BCUT2D eigenvalue weighted by molar-refractivity contribution is -0.175. The van der Waals surface area contributed by atoms with Crippen LogP contribution in [0, 0.1) is 17.2 Å². The van der Waals surface area contributed by atoms with E-state index in [0.29, 0.717) is 5.69 Å². The third-order valence-corrected chi connectivity index (χ3v) is 3.84. The summed E-state index contributed by atoms with van der Waals surface area (Å²) in [5, 5.41) is 12.2. The van der Waals surface area contributed by atoms with Crippen LogP contribution in [0.15, 0.2) is 41.6 Å². The number of para-hydroxylation sites is 1. The van der Waals surface area contributed by atoms with Crippen molar-refractivity contribution in [3.05, 3.63) is 41.6 Å². The third-order valence-electron chi connectivity index (χ3n) is 3.84. The fraction of sp³-hybridized carbons (Fsp3) is 0.471. The zero-order valence-corrected chi connectivity index (χ0v) is 13.6. The van der Waals surface area contributed by atoms with Gasteiger partial charge >= 0.3 is 6.18 Å². The Morgan fingerprint density at radius 2 is 1.65 bits per heavy atom. The maximum atomic E-state index is 13.8. The Balaban J connectivity index is 2.71. The van der Waals surface area contributed by atoms with Crippen molar-refractivity contribution >= 4 is 5.69 Å². The molecule has 0 saturated heterocycles. The number of rotatable bonds is 3. The van der Waals surface area contributed by atoms with Crippen LogP contribution < -0.4 is 5.01 Å². The Labute approximate surface area is 134 Å². The van der Waals surface area contributed by atoms with Crippen molar-refractivity contribution in [3.63, 3.8) is 0 Å². The number of benzene rings is 1. The lowest BCUT2D eigenvalue weighted by atomic mass is 9.94. The molecule has 1 heterocycles. The summed E-state index contributed by atoms with van der Waals surface area (Å²) >= 11 is 0. The molecule has 0 fully saturated rings. The van der Waals surface area contributed by atoms with Gasteiger partial charge in [-0.2, -0.15) is 23.4 Å². The number of hydrazine groups is 1. The summed E-state index contributed by atoms with van der Waals surface area (Å²) in [6.45, 7) is 6.79. The minimum atomic E-state index is -4.45. The molecule has 3 nitrogen and oxygen atoms in total. The lowest BCUT2D eigenvalue weighted by Gasteiger charge is -2.38. The van der Waals surface area contributed by atoms with Gasteiger partial charge < -0.3 is 0 Å². The Hall–Kier alpha value is -2.00. The monoisotopic (exact) mass is 323 g/mol. The highest BCUT2D eigenvalue weighted by molar-refractivity contribution is 5.60. The molecule has 0 spiro atoms. The maximum absolute atomic E-state index is 13.8. The molecule has 0 amide bonds. The maximum Gasteiger partial charge on any atom is 0.409 e. The van der Waals surface area contributed by atoms with Crippen molar-refractivity contribution < 1.29 is 13.2 Å². The zero-order chi connectivity index (χ0) is 17.4. The summed E-state index contributed by atoms with van der Waals surface area (Å²) in [5.41, 5.74) is 0.752. The molecule has 2 rings (SSSR count). The number of alkyl halides is 3. The van der Waals surface area contributed by atoms with Gasteiger partial charge in [-0.15, -0.1) is 0 Å². The summed E-state index contributed by atoms with van der Waals surface area (Å²) < 4.78 is 41.3. The fourth-order valence-corrected chi connectivity index (χ4v) is 3.01. The van der Waals surface area contributed by atoms with Crippen molar-refractivity contribution in [3.8, 4) is 6.07 Å². The predicted molar refractivity (Wildman–Crippen MR) is 83.2 cm³/mol. The Morgan fingerprint density at radius 1 is 1.09 bits per heavy atom. The first-order valence-electron chi connectivity index (χ1n) is 7.54. The minimum Gasteiger partial charge on any atom is -0.263 e. The first-order chi connectivity index (χ1) is 10.7. The van der Waals surface area contributed by atoms with Crippen LogP contribution in [-0.2, 0) is 0 Å². The van der Waals surface area contributed by atoms with E-state index < -0.39 is 18.3 Å². The van der Waals surface area contributed by atoms with E-state index >= 15 is 0 Å². The molecule has 1 atom stereocenters. The van der Waals surface area contributed by atoms with Gasteiger partial charge in [0.15, 0.2) is 0 Å². The summed E-state index contributed by atoms with van der Waals surface area (Å²) in [6.07, 6.45) is -4.45. The third kappa shape index (κ3) is 3.06. The quantitative estimate of drug-likeness (QED) is 0.820. The van der Waals surface area contributed by atoms with Crippen molar-refractivity contribution in [1.29, 1.82) is 5.26 Å². The topological polar surface area (TPSA) is 30.3 Å². The summed E-state index contributed by atoms with van der Waals surface area (Å²) in [6, 6.07) is 8.51. The van der Waals surface area contributed by atoms with Crippen molar-refractivity contribution in [2.75, 3.05) is 5.01 Å². The number of nitrogens with zero attached hydrogens (tertiary/aromatic N) is 3.